The Morgan fingerprint density at radius 1 is 1.12 bits per heavy atom. The Bertz CT molecular complexity index is 899. The molecule has 1 atom stereocenters. The lowest BCUT2D eigenvalue weighted by Gasteiger charge is -2.27. The predicted octanol–water partition coefficient (Wildman–Crippen LogP) is 3.41. The van der Waals surface area contributed by atoms with Crippen molar-refractivity contribution in [2.75, 3.05) is 13.2 Å². The van der Waals surface area contributed by atoms with Crippen molar-refractivity contribution in [2.24, 2.45) is 5.73 Å². The number of ether oxygens (including phenoxy) is 3. The molecule has 26 heavy (non-hydrogen) atoms. The molecule has 134 valence electrons. The topological polar surface area (TPSA) is 97.7 Å². The molecule has 3 N–H and O–H groups in total. The number of phenols is 1. The summed E-state index contributed by atoms with van der Waals surface area (Å²) in [5.41, 5.74) is 7.84. The van der Waals surface area contributed by atoms with Gasteiger partial charge >= 0.3 is 0 Å². The molecular weight excluding hydrogens is 332 g/mol. The van der Waals surface area contributed by atoms with Crippen LogP contribution in [-0.4, -0.2) is 18.3 Å². The number of hydrogen-bond acceptors (Lipinski definition) is 6. The molecule has 1 aliphatic rings. The fraction of sp³-hybridized carbons (Fsp3) is 0.250. The van der Waals surface area contributed by atoms with Gasteiger partial charge in [-0.3, -0.25) is 0 Å². The molecule has 6 nitrogen and oxygen atoms in total. The molecule has 0 aromatic heterocycles. The summed E-state index contributed by atoms with van der Waals surface area (Å²) in [6, 6.07) is 12.5. The van der Waals surface area contributed by atoms with Crippen molar-refractivity contribution in [3.63, 3.8) is 0 Å². The molecule has 0 saturated carbocycles. The van der Waals surface area contributed by atoms with Crippen molar-refractivity contribution in [1.29, 1.82) is 5.26 Å². The number of nitrogens with two attached hydrogens (primary N) is 1. The molecule has 0 amide bonds. The number of nitriles is 1. The summed E-state index contributed by atoms with van der Waals surface area (Å²) < 4.78 is 16.8. The van der Waals surface area contributed by atoms with Gasteiger partial charge in [0.25, 0.3) is 0 Å². The van der Waals surface area contributed by atoms with E-state index in [1.165, 1.54) is 6.07 Å². The SMILES string of the molecule is CCOc1ccc(C2C(C#N)=C(N)Oc3cc(O)ccc32)cc1OCC. The predicted molar refractivity (Wildman–Crippen MR) is 96.2 cm³/mol. The first-order valence-electron chi connectivity index (χ1n) is 8.39. The van der Waals surface area contributed by atoms with Crippen molar-refractivity contribution < 1.29 is 19.3 Å². The quantitative estimate of drug-likeness (QED) is 0.856. The summed E-state index contributed by atoms with van der Waals surface area (Å²) in [7, 11) is 0. The second kappa shape index (κ2) is 7.28. The van der Waals surface area contributed by atoms with Gasteiger partial charge < -0.3 is 25.1 Å². The van der Waals surface area contributed by atoms with E-state index in [1.807, 2.05) is 32.0 Å². The van der Waals surface area contributed by atoms with Gasteiger partial charge in [0.1, 0.15) is 23.1 Å². The van der Waals surface area contributed by atoms with Crippen LogP contribution in [0.1, 0.15) is 30.9 Å². The molecular formula is C20H20N2O4. The highest BCUT2D eigenvalue weighted by Crippen LogP contribution is 2.44. The van der Waals surface area contributed by atoms with E-state index in [1.54, 1.807) is 12.1 Å². The zero-order valence-electron chi connectivity index (χ0n) is 14.7. The number of nitrogens with zero attached hydrogens (tertiary/aromatic N) is 1. The zero-order chi connectivity index (χ0) is 18.7. The number of allylic oxidation sites excluding steroid dienone is 1. The summed E-state index contributed by atoms with van der Waals surface area (Å²) in [5, 5.41) is 19.3. The maximum Gasteiger partial charge on any atom is 0.205 e. The van der Waals surface area contributed by atoms with Gasteiger partial charge in [0.05, 0.1) is 19.1 Å². The van der Waals surface area contributed by atoms with Crippen LogP contribution in [0.4, 0.5) is 0 Å². The molecule has 2 aromatic rings. The Morgan fingerprint density at radius 3 is 2.54 bits per heavy atom. The number of hydrogen-bond donors (Lipinski definition) is 2. The van der Waals surface area contributed by atoms with Gasteiger partial charge in [-0.15, -0.1) is 0 Å². The van der Waals surface area contributed by atoms with Gasteiger partial charge in [-0.25, -0.2) is 0 Å². The first-order chi connectivity index (χ1) is 12.6. The Balaban J connectivity index is 2.15. The van der Waals surface area contributed by atoms with E-state index in [0.29, 0.717) is 36.0 Å². The van der Waals surface area contributed by atoms with Crippen molar-refractivity contribution in [2.45, 2.75) is 19.8 Å². The van der Waals surface area contributed by atoms with Crippen LogP contribution in [0.3, 0.4) is 0 Å². The minimum absolute atomic E-state index is 0.0300. The molecule has 0 fully saturated rings. The van der Waals surface area contributed by atoms with Gasteiger partial charge in [-0.05, 0) is 37.6 Å². The van der Waals surface area contributed by atoms with Crippen LogP contribution in [0.15, 0.2) is 47.9 Å². The van der Waals surface area contributed by atoms with Crippen molar-refractivity contribution in [3.05, 3.63) is 59.0 Å². The van der Waals surface area contributed by atoms with Crippen LogP contribution in [0.5, 0.6) is 23.0 Å². The minimum Gasteiger partial charge on any atom is -0.508 e. The van der Waals surface area contributed by atoms with Crippen LogP contribution >= 0.6 is 0 Å². The number of aromatic hydroxyl groups is 1. The number of benzene rings is 2. The largest absolute Gasteiger partial charge is 0.508 e. The van der Waals surface area contributed by atoms with E-state index in [-0.39, 0.29) is 11.6 Å². The second-order valence-corrected chi connectivity index (χ2v) is 5.72. The van der Waals surface area contributed by atoms with E-state index in [0.717, 1.165) is 11.1 Å². The van der Waals surface area contributed by atoms with E-state index in [2.05, 4.69) is 6.07 Å². The van der Waals surface area contributed by atoms with Crippen LogP contribution in [0.25, 0.3) is 0 Å². The van der Waals surface area contributed by atoms with Crippen molar-refractivity contribution in [3.8, 4) is 29.1 Å². The number of fused-ring (bicyclic) bond motifs is 1. The average molecular weight is 352 g/mol. The molecule has 6 heteroatoms. The normalized spacial score (nSPS) is 15.7. The molecule has 1 unspecified atom stereocenters. The van der Waals surface area contributed by atoms with Crippen LogP contribution in [0, 0.1) is 11.3 Å². The highest BCUT2D eigenvalue weighted by atomic mass is 16.5. The molecule has 1 aliphatic heterocycles. The fourth-order valence-electron chi connectivity index (χ4n) is 3.03. The van der Waals surface area contributed by atoms with Gasteiger partial charge in [0, 0.05) is 11.6 Å². The third-order valence-corrected chi connectivity index (χ3v) is 4.10. The summed E-state index contributed by atoms with van der Waals surface area (Å²) in [6.07, 6.45) is 0. The third-order valence-electron chi connectivity index (χ3n) is 4.10. The van der Waals surface area contributed by atoms with Crippen LogP contribution in [-0.2, 0) is 0 Å². The molecule has 0 radical (unpaired) electrons. The first-order valence-corrected chi connectivity index (χ1v) is 8.39. The smallest absolute Gasteiger partial charge is 0.205 e. The van der Waals surface area contributed by atoms with Gasteiger partial charge in [-0.1, -0.05) is 12.1 Å². The molecule has 0 aliphatic carbocycles. The monoisotopic (exact) mass is 352 g/mol. The molecule has 0 saturated heterocycles. The van der Waals surface area contributed by atoms with E-state index in [9.17, 15) is 10.4 Å². The summed E-state index contributed by atoms with van der Waals surface area (Å²) in [5.74, 6) is 1.36. The maximum atomic E-state index is 9.73. The Labute approximate surface area is 152 Å². The highest BCUT2D eigenvalue weighted by molar-refractivity contribution is 5.58. The summed E-state index contributed by atoms with van der Waals surface area (Å²) >= 11 is 0. The Hall–Kier alpha value is -3.33. The molecule has 0 spiro atoms. The maximum absolute atomic E-state index is 9.73. The summed E-state index contributed by atoms with van der Waals surface area (Å²) in [4.78, 5) is 0. The molecule has 2 aromatic carbocycles. The fourth-order valence-corrected chi connectivity index (χ4v) is 3.03. The van der Waals surface area contributed by atoms with E-state index < -0.39 is 5.92 Å². The molecule has 0 bridgehead atoms. The number of phenolic OH excluding ortho intramolecular Hbond substituents is 1. The lowest BCUT2D eigenvalue weighted by molar-refractivity contribution is 0.287. The zero-order valence-corrected chi connectivity index (χ0v) is 14.7. The van der Waals surface area contributed by atoms with E-state index in [4.69, 9.17) is 19.9 Å². The third kappa shape index (κ3) is 3.11. The lowest BCUT2D eigenvalue weighted by Crippen LogP contribution is -2.21. The Morgan fingerprint density at radius 2 is 1.85 bits per heavy atom. The van der Waals surface area contributed by atoms with Gasteiger partial charge in [-0.2, -0.15) is 5.26 Å². The Kier molecular flexibility index (Phi) is 4.90. The molecule has 1 heterocycles. The van der Waals surface area contributed by atoms with Gasteiger partial charge in [0.15, 0.2) is 11.5 Å². The standard InChI is InChI=1S/C20H20N2O4/c1-3-24-16-8-5-12(9-18(16)25-4-2)19-14-7-6-13(23)10-17(14)26-20(22)15(19)11-21/h5-10,19,23H,3-4,22H2,1-2H3. The van der Waals surface area contributed by atoms with Crippen molar-refractivity contribution in [1.82, 2.24) is 0 Å². The van der Waals surface area contributed by atoms with Crippen molar-refractivity contribution >= 4 is 0 Å². The first kappa shape index (κ1) is 17.5. The van der Waals surface area contributed by atoms with Crippen LogP contribution in [0.2, 0.25) is 0 Å². The lowest BCUT2D eigenvalue weighted by atomic mass is 9.83. The average Bonchev–Trinajstić information content (AvgIpc) is 2.62. The van der Waals surface area contributed by atoms with Crippen LogP contribution < -0.4 is 19.9 Å². The van der Waals surface area contributed by atoms with Gasteiger partial charge in [0.2, 0.25) is 5.88 Å². The molecule has 3 rings (SSSR count). The highest BCUT2D eigenvalue weighted by Gasteiger charge is 2.31. The summed E-state index contributed by atoms with van der Waals surface area (Å²) in [6.45, 7) is 4.82. The van der Waals surface area contributed by atoms with E-state index >= 15 is 0 Å². The number of rotatable bonds is 5. The second-order valence-electron chi connectivity index (χ2n) is 5.72. The minimum atomic E-state index is -0.417.